The van der Waals surface area contributed by atoms with Crippen LogP contribution in [0.4, 0.5) is 0 Å². The number of hydrogen-bond acceptors (Lipinski definition) is 5. The van der Waals surface area contributed by atoms with Crippen LogP contribution in [0.25, 0.3) is 11.8 Å². The van der Waals surface area contributed by atoms with Crippen LogP contribution < -0.4 is 15.4 Å². The number of ketones is 1. The van der Waals surface area contributed by atoms with E-state index < -0.39 is 11.6 Å². The zero-order valence-electron chi connectivity index (χ0n) is 12.8. The molecule has 0 saturated carbocycles. The van der Waals surface area contributed by atoms with Gasteiger partial charge in [0.15, 0.2) is 5.78 Å². The lowest BCUT2D eigenvalue weighted by molar-refractivity contribution is -0.670. The molecule has 0 aliphatic carbocycles. The van der Waals surface area contributed by atoms with Crippen molar-refractivity contribution in [2.24, 2.45) is 0 Å². The molecular weight excluding hydrogens is 324 g/mol. The highest BCUT2D eigenvalue weighted by Crippen LogP contribution is 2.09. The number of nitrogens with one attached hydrogen (secondary N) is 1. The van der Waals surface area contributed by atoms with E-state index in [-0.39, 0.29) is 11.3 Å². The number of aromatic carboxylic acids is 1. The Morgan fingerprint density at radius 2 is 1.64 bits per heavy atom. The van der Waals surface area contributed by atoms with E-state index in [4.69, 9.17) is 0 Å². The van der Waals surface area contributed by atoms with Crippen LogP contribution in [0.5, 0.6) is 0 Å². The van der Waals surface area contributed by atoms with Gasteiger partial charge in [-0.05, 0) is 39.3 Å². The summed E-state index contributed by atoms with van der Waals surface area (Å²) in [5.74, 6) is -1.45. The van der Waals surface area contributed by atoms with Gasteiger partial charge in [-0.2, -0.15) is 0 Å². The van der Waals surface area contributed by atoms with E-state index in [1.807, 2.05) is 0 Å². The number of nitrogens with zero attached hydrogens (tertiary/aromatic N) is 1. The third-order valence-electron chi connectivity index (χ3n) is 3.48. The summed E-state index contributed by atoms with van der Waals surface area (Å²) in [6.07, 6.45) is 4.24. The summed E-state index contributed by atoms with van der Waals surface area (Å²) in [5.41, 5.74) is 1.38. The smallest absolute Gasteiger partial charge is 0.427 e. The molecule has 0 radical (unpaired) electrons. The van der Waals surface area contributed by atoms with Crippen molar-refractivity contribution in [3.8, 4) is 5.69 Å². The molecule has 1 N–H and O–H groups in total. The maximum atomic E-state index is 12.2. The average molecular weight is 336 g/mol. The van der Waals surface area contributed by atoms with Gasteiger partial charge < -0.3 is 9.90 Å². The number of hydrogen-bond donors (Lipinski definition) is 1. The maximum Gasteiger partial charge on any atom is 0.427 e. The second kappa shape index (κ2) is 6.79. The van der Waals surface area contributed by atoms with Crippen LogP contribution in [0.1, 0.15) is 26.3 Å². The topological polar surface area (TPSA) is 107 Å². The Bertz CT molecular complexity index is 995. The molecule has 0 atom stereocenters. The summed E-state index contributed by atoms with van der Waals surface area (Å²) in [5, 5.41) is 13.1. The minimum absolute atomic E-state index is 0.0776. The molecule has 0 saturated heterocycles. The number of rotatable bonds is 5. The third-order valence-corrected chi connectivity index (χ3v) is 3.48. The monoisotopic (exact) mass is 336 g/mol. The number of carbonyl (C=O) groups is 2. The van der Waals surface area contributed by atoms with Gasteiger partial charge in [0, 0.05) is 17.7 Å². The molecule has 124 valence electrons. The predicted molar refractivity (Wildman–Crippen MR) is 85.0 cm³/mol. The summed E-state index contributed by atoms with van der Waals surface area (Å²) in [7, 11) is 0. The largest absolute Gasteiger partial charge is 0.545 e. The third kappa shape index (κ3) is 3.78. The first-order valence-corrected chi connectivity index (χ1v) is 7.27. The molecule has 2 aromatic carbocycles. The number of carboxylic acid groups (broad SMARTS) is 1. The molecule has 0 spiro atoms. The number of H-pyrrole nitrogens is 1. The van der Waals surface area contributed by atoms with Crippen LogP contribution in [-0.4, -0.2) is 17.0 Å². The highest BCUT2D eigenvalue weighted by atomic mass is 16.5. The van der Waals surface area contributed by atoms with Crippen LogP contribution >= 0.6 is 0 Å². The van der Waals surface area contributed by atoms with E-state index in [9.17, 15) is 19.5 Å². The van der Waals surface area contributed by atoms with Gasteiger partial charge in [-0.1, -0.05) is 30.3 Å². The van der Waals surface area contributed by atoms with Crippen molar-refractivity contribution in [1.29, 1.82) is 0 Å². The highest BCUT2D eigenvalue weighted by Gasteiger charge is 2.11. The predicted octanol–water partition coefficient (Wildman–Crippen LogP) is 0.504. The van der Waals surface area contributed by atoms with Gasteiger partial charge in [0.2, 0.25) is 5.69 Å². The molecule has 3 rings (SSSR count). The van der Waals surface area contributed by atoms with E-state index in [0.717, 1.165) is 0 Å². The van der Waals surface area contributed by atoms with Gasteiger partial charge in [-0.25, -0.2) is 4.79 Å². The Hall–Kier alpha value is -3.74. The molecular formula is C18H12N2O5. The molecule has 7 nitrogen and oxygen atoms in total. The number of benzene rings is 2. The number of allylic oxidation sites excluding steroid dienone is 1. The molecule has 0 amide bonds. The first-order valence-electron chi connectivity index (χ1n) is 7.27. The first kappa shape index (κ1) is 16.1. The molecule has 0 aliphatic rings. The molecule has 3 aromatic rings. The molecule has 1 heterocycles. The zero-order chi connectivity index (χ0) is 17.8. The molecule has 0 aliphatic heterocycles. The van der Waals surface area contributed by atoms with Crippen LogP contribution in [0.3, 0.4) is 0 Å². The molecule has 1 aromatic heterocycles. The first-order chi connectivity index (χ1) is 12.0. The number of carboxylic acids is 1. The fraction of sp³-hybridized carbons (Fsp3) is 0. The standard InChI is InChI=1S/C18H12N2O5/c21-16(10-3-12-1-4-14(5-2-12)18(23)24)13-6-8-15(9-7-13)20-11-17(22)25-19-20/h1-11H,(H-,19,22,23,24)/b10-3+. The van der Waals surface area contributed by atoms with E-state index in [1.54, 1.807) is 42.5 Å². The molecule has 0 unspecified atom stereocenters. The van der Waals surface area contributed by atoms with Gasteiger partial charge in [0.05, 0.1) is 5.97 Å². The lowest BCUT2D eigenvalue weighted by Gasteiger charge is -2.01. The van der Waals surface area contributed by atoms with Gasteiger partial charge in [-0.3, -0.25) is 9.32 Å². The Kier molecular flexibility index (Phi) is 4.38. The van der Waals surface area contributed by atoms with E-state index in [2.05, 4.69) is 9.79 Å². The normalized spacial score (nSPS) is 10.9. The van der Waals surface area contributed by atoms with Crippen molar-refractivity contribution in [3.63, 3.8) is 0 Å². The van der Waals surface area contributed by atoms with Crippen LogP contribution in [-0.2, 0) is 0 Å². The fourth-order valence-electron chi connectivity index (χ4n) is 2.16. The van der Waals surface area contributed by atoms with Crippen molar-refractivity contribution in [1.82, 2.24) is 5.27 Å². The molecule has 25 heavy (non-hydrogen) atoms. The minimum atomic E-state index is -1.25. The van der Waals surface area contributed by atoms with Crippen LogP contribution in [0.15, 0.2) is 70.1 Å². The van der Waals surface area contributed by atoms with Gasteiger partial charge >= 0.3 is 5.63 Å². The summed E-state index contributed by atoms with van der Waals surface area (Å²) in [6.45, 7) is 0. The van der Waals surface area contributed by atoms with Crippen molar-refractivity contribution in [2.75, 3.05) is 0 Å². The zero-order valence-corrected chi connectivity index (χ0v) is 12.8. The van der Waals surface area contributed by atoms with Gasteiger partial charge in [0.1, 0.15) is 0 Å². The number of carbonyl (C=O) groups excluding carboxylic acids is 2. The van der Waals surface area contributed by atoms with E-state index >= 15 is 0 Å². The lowest BCUT2D eigenvalue weighted by atomic mass is 10.1. The molecule has 0 fully saturated rings. The Morgan fingerprint density at radius 3 is 2.20 bits per heavy atom. The van der Waals surface area contributed by atoms with Crippen molar-refractivity contribution in [3.05, 3.63) is 87.9 Å². The van der Waals surface area contributed by atoms with Crippen molar-refractivity contribution >= 4 is 17.8 Å². The quantitative estimate of drug-likeness (QED) is 0.415. The molecule has 7 heteroatoms. The van der Waals surface area contributed by atoms with E-state index in [0.29, 0.717) is 16.8 Å². The highest BCUT2D eigenvalue weighted by molar-refractivity contribution is 6.06. The van der Waals surface area contributed by atoms with Gasteiger partial charge in [0.25, 0.3) is 6.20 Å². The lowest BCUT2D eigenvalue weighted by Crippen LogP contribution is -2.32. The summed E-state index contributed by atoms with van der Waals surface area (Å²) >= 11 is 0. The average Bonchev–Trinajstić information content (AvgIpc) is 3.06. The summed E-state index contributed by atoms with van der Waals surface area (Å²) in [4.78, 5) is 33.9. The second-order valence-corrected chi connectivity index (χ2v) is 5.17. The Morgan fingerprint density at radius 1 is 1.00 bits per heavy atom. The van der Waals surface area contributed by atoms with Crippen molar-refractivity contribution in [2.45, 2.75) is 0 Å². The molecule has 0 bridgehead atoms. The van der Waals surface area contributed by atoms with Crippen molar-refractivity contribution < 1.29 is 23.9 Å². The Balaban J connectivity index is 1.72. The Labute approximate surface area is 141 Å². The SMILES string of the molecule is O=C([O-])c1ccc(/C=C/C(=O)c2ccc(-[n+]3cc(=O)o[nH]3)cc2)cc1. The van der Waals surface area contributed by atoms with Gasteiger partial charge in [-0.15, -0.1) is 0 Å². The fourth-order valence-corrected chi connectivity index (χ4v) is 2.16. The summed E-state index contributed by atoms with van der Waals surface area (Å²) < 4.78 is 5.97. The van der Waals surface area contributed by atoms with Crippen LogP contribution in [0, 0.1) is 0 Å². The van der Waals surface area contributed by atoms with Crippen LogP contribution in [0.2, 0.25) is 0 Å². The maximum absolute atomic E-state index is 12.2. The van der Waals surface area contributed by atoms with E-state index in [1.165, 1.54) is 29.1 Å². The second-order valence-electron chi connectivity index (χ2n) is 5.17. The minimum Gasteiger partial charge on any atom is -0.545 e. The number of aromatic nitrogens is 2. The number of aromatic amines is 1. The summed E-state index contributed by atoms with van der Waals surface area (Å²) in [6, 6.07) is 12.6.